The number of furan rings is 1. The fraction of sp³-hybridized carbons (Fsp3) is 0.273. The molecule has 2 aromatic rings. The predicted octanol–water partition coefficient (Wildman–Crippen LogP) is 4.20. The zero-order chi connectivity index (χ0) is 11.4. The number of thiophene rings is 1. The summed E-state index contributed by atoms with van der Waals surface area (Å²) in [5, 5.41) is 7.64. The number of rotatable bonds is 5. The van der Waals surface area contributed by atoms with E-state index in [2.05, 4.69) is 54.0 Å². The van der Waals surface area contributed by atoms with E-state index in [1.54, 1.807) is 11.3 Å². The van der Waals surface area contributed by atoms with Gasteiger partial charge in [0.1, 0.15) is 5.76 Å². The maximum Gasteiger partial charge on any atom is 0.183 e. The maximum absolute atomic E-state index is 5.46. The summed E-state index contributed by atoms with van der Waals surface area (Å²) >= 11 is 8.45. The molecule has 0 aliphatic heterocycles. The summed E-state index contributed by atoms with van der Waals surface area (Å²) < 4.78 is 7.17. The van der Waals surface area contributed by atoms with Crippen LogP contribution >= 0.6 is 43.2 Å². The van der Waals surface area contributed by atoms with Crippen molar-refractivity contribution in [3.8, 4) is 0 Å². The molecule has 0 saturated carbocycles. The van der Waals surface area contributed by atoms with Crippen molar-refractivity contribution < 1.29 is 4.42 Å². The fourth-order valence-electron chi connectivity index (χ4n) is 1.36. The van der Waals surface area contributed by atoms with Gasteiger partial charge in [0.05, 0.1) is 11.0 Å². The highest BCUT2D eigenvalue weighted by molar-refractivity contribution is 9.13. The average molecular weight is 365 g/mol. The van der Waals surface area contributed by atoms with Crippen LogP contribution in [0.3, 0.4) is 0 Å². The molecule has 0 spiro atoms. The Morgan fingerprint density at radius 2 is 2.25 bits per heavy atom. The molecule has 2 rings (SSSR count). The van der Waals surface area contributed by atoms with Gasteiger partial charge < -0.3 is 9.73 Å². The summed E-state index contributed by atoms with van der Waals surface area (Å²) in [7, 11) is 0. The van der Waals surface area contributed by atoms with Gasteiger partial charge in [-0.05, 0) is 73.3 Å². The highest BCUT2D eigenvalue weighted by atomic mass is 79.9. The molecule has 0 fully saturated rings. The lowest BCUT2D eigenvalue weighted by Crippen LogP contribution is -2.15. The van der Waals surface area contributed by atoms with E-state index in [0.29, 0.717) is 0 Å². The summed E-state index contributed by atoms with van der Waals surface area (Å²) in [6.45, 7) is 1.72. The molecule has 2 aromatic heterocycles. The third-order valence-corrected chi connectivity index (χ3v) is 4.61. The second-order valence-electron chi connectivity index (χ2n) is 3.39. The molecule has 86 valence electrons. The Morgan fingerprint density at radius 1 is 1.38 bits per heavy atom. The highest BCUT2D eigenvalue weighted by Gasteiger charge is 2.05. The van der Waals surface area contributed by atoms with Crippen molar-refractivity contribution in [2.24, 2.45) is 0 Å². The smallest absolute Gasteiger partial charge is 0.183 e. The van der Waals surface area contributed by atoms with Gasteiger partial charge in [-0.1, -0.05) is 0 Å². The largest absolute Gasteiger partial charge is 0.452 e. The van der Waals surface area contributed by atoms with Crippen molar-refractivity contribution in [1.82, 2.24) is 5.32 Å². The standard InChI is InChI=1S/C11H11Br2NOS/c12-10-5-9(15-11(10)13)6-14-3-1-8-2-4-16-7-8/h2,4-5,7,14H,1,3,6H2. The lowest BCUT2D eigenvalue weighted by Gasteiger charge is -2.00. The molecule has 2 nitrogen and oxygen atoms in total. The molecule has 2 heterocycles. The minimum Gasteiger partial charge on any atom is -0.452 e. The van der Waals surface area contributed by atoms with Crippen LogP contribution in [0.2, 0.25) is 0 Å². The van der Waals surface area contributed by atoms with Gasteiger partial charge in [-0.25, -0.2) is 0 Å². The highest BCUT2D eigenvalue weighted by Crippen LogP contribution is 2.26. The van der Waals surface area contributed by atoms with Crippen LogP contribution in [0.15, 0.2) is 36.5 Å². The molecular formula is C11H11Br2NOS. The first-order chi connectivity index (χ1) is 7.75. The van der Waals surface area contributed by atoms with E-state index in [1.165, 1.54) is 5.56 Å². The van der Waals surface area contributed by atoms with Gasteiger partial charge in [0.15, 0.2) is 4.67 Å². The van der Waals surface area contributed by atoms with Gasteiger partial charge in [-0.15, -0.1) is 0 Å². The summed E-state index contributed by atoms with van der Waals surface area (Å²) in [6.07, 6.45) is 1.06. The van der Waals surface area contributed by atoms with Crippen LogP contribution < -0.4 is 5.32 Å². The SMILES string of the molecule is Brc1cc(CNCCc2ccsc2)oc1Br. The second kappa shape index (κ2) is 6.00. The van der Waals surface area contributed by atoms with Crippen molar-refractivity contribution in [2.75, 3.05) is 6.54 Å². The van der Waals surface area contributed by atoms with Gasteiger partial charge in [-0.3, -0.25) is 0 Å². The third-order valence-electron chi connectivity index (χ3n) is 2.17. The molecule has 0 amide bonds. The number of hydrogen-bond acceptors (Lipinski definition) is 3. The molecule has 0 aliphatic rings. The molecular weight excluding hydrogens is 354 g/mol. The first-order valence-electron chi connectivity index (χ1n) is 4.91. The van der Waals surface area contributed by atoms with Crippen LogP contribution in [0.25, 0.3) is 0 Å². The van der Waals surface area contributed by atoms with Crippen LogP contribution in [-0.2, 0) is 13.0 Å². The van der Waals surface area contributed by atoms with Crippen molar-refractivity contribution in [1.29, 1.82) is 0 Å². The summed E-state index contributed by atoms with van der Waals surface area (Å²) in [6, 6.07) is 4.13. The number of halogens is 2. The lowest BCUT2D eigenvalue weighted by molar-refractivity contribution is 0.465. The molecule has 0 aromatic carbocycles. The van der Waals surface area contributed by atoms with Crippen molar-refractivity contribution >= 4 is 43.2 Å². The molecule has 16 heavy (non-hydrogen) atoms. The number of hydrogen-bond donors (Lipinski definition) is 1. The maximum atomic E-state index is 5.46. The van der Waals surface area contributed by atoms with Crippen LogP contribution in [0.5, 0.6) is 0 Å². The quantitative estimate of drug-likeness (QED) is 0.804. The van der Waals surface area contributed by atoms with E-state index in [9.17, 15) is 0 Å². The van der Waals surface area contributed by atoms with E-state index >= 15 is 0 Å². The van der Waals surface area contributed by atoms with Crippen molar-refractivity contribution in [2.45, 2.75) is 13.0 Å². The fourth-order valence-corrected chi connectivity index (χ4v) is 2.72. The van der Waals surface area contributed by atoms with Crippen LogP contribution in [0.1, 0.15) is 11.3 Å². The Morgan fingerprint density at radius 3 is 2.88 bits per heavy atom. The molecule has 1 N–H and O–H groups in total. The predicted molar refractivity (Wildman–Crippen MR) is 73.8 cm³/mol. The molecule has 5 heteroatoms. The van der Waals surface area contributed by atoms with E-state index in [-0.39, 0.29) is 0 Å². The van der Waals surface area contributed by atoms with Gasteiger partial charge in [0.2, 0.25) is 0 Å². The van der Waals surface area contributed by atoms with Gasteiger partial charge in [0, 0.05) is 0 Å². The van der Waals surface area contributed by atoms with Gasteiger partial charge in [-0.2, -0.15) is 11.3 Å². The first-order valence-corrected chi connectivity index (χ1v) is 7.44. The Kier molecular flexibility index (Phi) is 4.64. The van der Waals surface area contributed by atoms with E-state index in [0.717, 1.165) is 34.4 Å². The normalized spacial score (nSPS) is 10.9. The van der Waals surface area contributed by atoms with Crippen LogP contribution in [0.4, 0.5) is 0 Å². The Bertz CT molecular complexity index is 419. The zero-order valence-corrected chi connectivity index (χ0v) is 12.5. The van der Waals surface area contributed by atoms with Crippen LogP contribution in [0, 0.1) is 0 Å². The van der Waals surface area contributed by atoms with E-state index in [1.807, 2.05) is 6.07 Å². The Labute approximate surface area is 115 Å². The topological polar surface area (TPSA) is 25.2 Å². The second-order valence-corrected chi connectivity index (χ2v) is 5.75. The summed E-state index contributed by atoms with van der Waals surface area (Å²) in [4.78, 5) is 0. The van der Waals surface area contributed by atoms with E-state index in [4.69, 9.17) is 4.42 Å². The van der Waals surface area contributed by atoms with Gasteiger partial charge in [0.25, 0.3) is 0 Å². The third kappa shape index (κ3) is 3.45. The molecule has 0 aliphatic carbocycles. The Hall–Kier alpha value is -0.100. The minimum atomic E-state index is 0.752. The van der Waals surface area contributed by atoms with Crippen molar-refractivity contribution in [3.05, 3.63) is 43.4 Å². The van der Waals surface area contributed by atoms with E-state index < -0.39 is 0 Å². The minimum absolute atomic E-state index is 0.752. The van der Waals surface area contributed by atoms with Crippen LogP contribution in [-0.4, -0.2) is 6.54 Å². The molecule has 0 atom stereocenters. The molecule has 0 radical (unpaired) electrons. The monoisotopic (exact) mass is 363 g/mol. The zero-order valence-electron chi connectivity index (χ0n) is 8.50. The lowest BCUT2D eigenvalue weighted by atomic mass is 10.2. The molecule has 0 saturated heterocycles. The number of nitrogens with one attached hydrogen (secondary N) is 1. The summed E-state index contributed by atoms with van der Waals surface area (Å²) in [5.41, 5.74) is 1.39. The molecule has 0 bridgehead atoms. The van der Waals surface area contributed by atoms with Crippen molar-refractivity contribution in [3.63, 3.8) is 0 Å². The summed E-state index contributed by atoms with van der Waals surface area (Å²) in [5.74, 6) is 0.934. The first kappa shape index (κ1) is 12.4. The Balaban J connectivity index is 1.72. The molecule has 0 unspecified atom stereocenters. The average Bonchev–Trinajstić information content (AvgIpc) is 2.85. The van der Waals surface area contributed by atoms with Gasteiger partial charge >= 0.3 is 0 Å².